The first-order chi connectivity index (χ1) is 9.29. The number of rotatable bonds is 3. The minimum Gasteiger partial charge on any atom is -0.280 e. The molecule has 0 aromatic heterocycles. The van der Waals surface area contributed by atoms with Crippen molar-refractivity contribution in [3.05, 3.63) is 57.8 Å². The van der Waals surface area contributed by atoms with Crippen LogP contribution in [0.1, 0.15) is 11.1 Å². The maximum Gasteiger partial charge on any atom is 0.261 e. The van der Waals surface area contributed by atoms with Crippen LogP contribution in [-0.4, -0.2) is 8.42 Å². The number of nitrogens with one attached hydrogen (secondary N) is 1. The van der Waals surface area contributed by atoms with E-state index in [1.165, 1.54) is 19.1 Å². The Hall–Kier alpha value is -1.40. The monoisotopic (exact) mass is 357 g/mol. The molecule has 0 amide bonds. The van der Waals surface area contributed by atoms with Crippen LogP contribution in [-0.2, 0) is 10.0 Å². The molecule has 106 valence electrons. The second-order valence-corrected chi connectivity index (χ2v) is 7.02. The van der Waals surface area contributed by atoms with Gasteiger partial charge in [-0.15, -0.1) is 0 Å². The van der Waals surface area contributed by atoms with Gasteiger partial charge in [0.15, 0.2) is 0 Å². The summed E-state index contributed by atoms with van der Waals surface area (Å²) in [6.07, 6.45) is 0. The van der Waals surface area contributed by atoms with Crippen molar-refractivity contribution >= 4 is 31.6 Å². The third-order valence-corrected chi connectivity index (χ3v) is 5.12. The molecule has 0 fully saturated rings. The van der Waals surface area contributed by atoms with Gasteiger partial charge in [-0.25, -0.2) is 12.8 Å². The summed E-state index contributed by atoms with van der Waals surface area (Å²) in [6.45, 7) is 3.39. The number of aryl methyl sites for hydroxylation is 2. The molecule has 6 heteroatoms. The lowest BCUT2D eigenvalue weighted by Crippen LogP contribution is -2.13. The molecule has 2 rings (SSSR count). The molecule has 2 aromatic carbocycles. The minimum absolute atomic E-state index is 0.0389. The molecule has 0 spiro atoms. The Labute approximate surface area is 126 Å². The Morgan fingerprint density at radius 3 is 2.35 bits per heavy atom. The normalized spacial score (nSPS) is 11.4. The summed E-state index contributed by atoms with van der Waals surface area (Å²) in [5.74, 6) is -0.427. The maximum absolute atomic E-state index is 13.2. The van der Waals surface area contributed by atoms with E-state index >= 15 is 0 Å². The third-order valence-electron chi connectivity index (χ3n) is 2.85. The van der Waals surface area contributed by atoms with Crippen molar-refractivity contribution in [1.29, 1.82) is 0 Å². The van der Waals surface area contributed by atoms with Gasteiger partial charge >= 0.3 is 0 Å². The van der Waals surface area contributed by atoms with Crippen molar-refractivity contribution in [2.24, 2.45) is 0 Å². The van der Waals surface area contributed by atoms with Crippen molar-refractivity contribution in [2.75, 3.05) is 4.72 Å². The smallest absolute Gasteiger partial charge is 0.261 e. The Morgan fingerprint density at radius 1 is 1.05 bits per heavy atom. The van der Waals surface area contributed by atoms with Crippen LogP contribution in [0.25, 0.3) is 0 Å². The van der Waals surface area contributed by atoms with Crippen LogP contribution in [0.4, 0.5) is 10.1 Å². The molecule has 0 aliphatic rings. The number of anilines is 1. The highest BCUT2D eigenvalue weighted by Gasteiger charge is 2.15. The molecular formula is C14H13BrFNO2S. The Bertz CT molecular complexity index is 760. The molecule has 3 nitrogen and oxygen atoms in total. The van der Waals surface area contributed by atoms with Crippen molar-refractivity contribution in [3.8, 4) is 0 Å². The van der Waals surface area contributed by atoms with E-state index in [0.717, 1.165) is 16.1 Å². The molecule has 2 aromatic rings. The quantitative estimate of drug-likeness (QED) is 0.901. The Balaban J connectivity index is 2.35. The van der Waals surface area contributed by atoms with Gasteiger partial charge in [-0.05, 0) is 61.4 Å². The molecule has 0 bridgehead atoms. The topological polar surface area (TPSA) is 46.2 Å². The molecule has 0 saturated carbocycles. The van der Waals surface area contributed by atoms with Crippen molar-refractivity contribution in [1.82, 2.24) is 0 Å². The van der Waals surface area contributed by atoms with Gasteiger partial charge in [-0.2, -0.15) is 0 Å². The van der Waals surface area contributed by atoms with Gasteiger partial charge < -0.3 is 0 Å². The van der Waals surface area contributed by atoms with E-state index in [4.69, 9.17) is 0 Å². The Morgan fingerprint density at radius 2 is 1.75 bits per heavy atom. The van der Waals surface area contributed by atoms with Crippen LogP contribution in [0.2, 0.25) is 0 Å². The number of benzene rings is 2. The maximum atomic E-state index is 13.2. The largest absolute Gasteiger partial charge is 0.280 e. The zero-order valence-corrected chi connectivity index (χ0v) is 13.3. The minimum atomic E-state index is -3.71. The van der Waals surface area contributed by atoms with Crippen molar-refractivity contribution in [2.45, 2.75) is 18.7 Å². The second-order valence-electron chi connectivity index (χ2n) is 4.48. The molecule has 0 aliphatic carbocycles. The van der Waals surface area contributed by atoms with Crippen LogP contribution in [0, 0.1) is 19.7 Å². The summed E-state index contributed by atoms with van der Waals surface area (Å²) < 4.78 is 41.0. The lowest BCUT2D eigenvalue weighted by atomic mass is 10.2. The van der Waals surface area contributed by atoms with Crippen molar-refractivity contribution < 1.29 is 12.8 Å². The molecule has 1 N–H and O–H groups in total. The van der Waals surface area contributed by atoms with Gasteiger partial charge in [0, 0.05) is 10.2 Å². The van der Waals surface area contributed by atoms with E-state index in [0.29, 0.717) is 11.3 Å². The van der Waals surface area contributed by atoms with Crippen molar-refractivity contribution in [3.63, 3.8) is 0 Å². The molecule has 20 heavy (non-hydrogen) atoms. The fourth-order valence-corrected chi connectivity index (χ4v) is 3.09. The predicted octanol–water partition coefficient (Wildman–Crippen LogP) is 4.01. The molecular weight excluding hydrogens is 345 g/mol. The fourth-order valence-electron chi connectivity index (χ4n) is 1.71. The number of sulfonamides is 1. The molecule has 0 aliphatic heterocycles. The van der Waals surface area contributed by atoms with E-state index in [2.05, 4.69) is 20.7 Å². The van der Waals surface area contributed by atoms with Gasteiger partial charge in [0.25, 0.3) is 10.0 Å². The fraction of sp³-hybridized carbons (Fsp3) is 0.143. The van der Waals surface area contributed by atoms with Crippen LogP contribution in [0.5, 0.6) is 0 Å². The first-order valence-electron chi connectivity index (χ1n) is 5.85. The average molecular weight is 358 g/mol. The second kappa shape index (κ2) is 5.54. The van der Waals surface area contributed by atoms with E-state index in [1.807, 2.05) is 6.92 Å². The predicted molar refractivity (Wildman–Crippen MR) is 80.8 cm³/mol. The SMILES string of the molecule is Cc1cc(S(=O)(=O)Nc2ccc(Br)c(C)c2)ccc1F. The molecule has 0 unspecified atom stereocenters. The number of hydrogen-bond acceptors (Lipinski definition) is 2. The Kier molecular flexibility index (Phi) is 4.15. The van der Waals surface area contributed by atoms with Crippen LogP contribution in [0.15, 0.2) is 45.8 Å². The average Bonchev–Trinajstić information content (AvgIpc) is 2.37. The summed E-state index contributed by atoms with van der Waals surface area (Å²) in [5.41, 5.74) is 1.67. The number of halogens is 2. The first kappa shape index (κ1) is 15.0. The summed E-state index contributed by atoms with van der Waals surface area (Å²) >= 11 is 3.35. The van der Waals surface area contributed by atoms with Gasteiger partial charge in [-0.1, -0.05) is 15.9 Å². The molecule has 0 radical (unpaired) electrons. The highest BCUT2D eigenvalue weighted by atomic mass is 79.9. The van der Waals surface area contributed by atoms with Gasteiger partial charge in [0.2, 0.25) is 0 Å². The zero-order chi connectivity index (χ0) is 14.9. The van der Waals surface area contributed by atoms with Gasteiger partial charge in [0.05, 0.1) is 4.90 Å². The lowest BCUT2D eigenvalue weighted by molar-refractivity contribution is 0.598. The van der Waals surface area contributed by atoms with Gasteiger partial charge in [-0.3, -0.25) is 4.72 Å². The summed E-state index contributed by atoms with van der Waals surface area (Å²) in [5, 5.41) is 0. The molecule has 0 heterocycles. The highest BCUT2D eigenvalue weighted by molar-refractivity contribution is 9.10. The van der Waals surface area contributed by atoms with E-state index in [9.17, 15) is 12.8 Å². The van der Waals surface area contributed by atoms with E-state index < -0.39 is 15.8 Å². The third kappa shape index (κ3) is 3.19. The van der Waals surface area contributed by atoms with Crippen LogP contribution >= 0.6 is 15.9 Å². The summed E-state index contributed by atoms with van der Waals surface area (Å²) in [6, 6.07) is 8.85. The van der Waals surface area contributed by atoms with E-state index in [1.54, 1.807) is 18.2 Å². The lowest BCUT2D eigenvalue weighted by Gasteiger charge is -2.10. The van der Waals surface area contributed by atoms with E-state index in [-0.39, 0.29) is 4.90 Å². The zero-order valence-electron chi connectivity index (χ0n) is 10.9. The highest BCUT2D eigenvalue weighted by Crippen LogP contribution is 2.23. The first-order valence-corrected chi connectivity index (χ1v) is 8.12. The van der Waals surface area contributed by atoms with Crippen LogP contribution < -0.4 is 4.72 Å². The van der Waals surface area contributed by atoms with Gasteiger partial charge in [0.1, 0.15) is 5.82 Å². The molecule has 0 atom stereocenters. The summed E-state index contributed by atoms with van der Waals surface area (Å²) in [4.78, 5) is 0.0389. The number of hydrogen-bond donors (Lipinski definition) is 1. The molecule has 0 saturated heterocycles. The standard InChI is InChI=1S/C14H13BrFNO2S/c1-9-7-11(3-5-13(9)15)17-20(18,19)12-4-6-14(16)10(2)8-12/h3-8,17H,1-2H3. The van der Waals surface area contributed by atoms with Crippen LogP contribution in [0.3, 0.4) is 0 Å². The summed E-state index contributed by atoms with van der Waals surface area (Å²) in [7, 11) is -3.71.